The van der Waals surface area contributed by atoms with E-state index in [1.54, 1.807) is 37.4 Å². The van der Waals surface area contributed by atoms with Gasteiger partial charge in [-0.15, -0.1) is 0 Å². The lowest BCUT2D eigenvalue weighted by Crippen LogP contribution is -2.53. The summed E-state index contributed by atoms with van der Waals surface area (Å²) in [5.74, 6) is 0.206. The molecule has 11 nitrogen and oxygen atoms in total. The number of methoxy groups -OCH3 is 2. The van der Waals surface area contributed by atoms with Crippen molar-refractivity contribution in [3.63, 3.8) is 0 Å². The fraction of sp³-hybridized carbons (Fsp3) is 0.423. The first kappa shape index (κ1) is 28.9. The van der Waals surface area contributed by atoms with Crippen LogP contribution in [0.3, 0.4) is 0 Å². The molecule has 3 N–H and O–H groups in total. The van der Waals surface area contributed by atoms with Gasteiger partial charge in [0.1, 0.15) is 17.5 Å². The van der Waals surface area contributed by atoms with Crippen LogP contribution < -0.4 is 25.4 Å². The number of nitrogens with one attached hydrogen (secondary N) is 3. The lowest BCUT2D eigenvalue weighted by molar-refractivity contribution is -0.128. The number of piperidine rings is 1. The van der Waals surface area contributed by atoms with Crippen molar-refractivity contribution < 1.29 is 32.3 Å². The van der Waals surface area contributed by atoms with E-state index in [4.69, 9.17) is 9.47 Å². The molecule has 12 heteroatoms. The van der Waals surface area contributed by atoms with Gasteiger partial charge in [0, 0.05) is 51.2 Å². The Hall–Kier alpha value is -3.64. The first-order valence-corrected chi connectivity index (χ1v) is 13.6. The molecular formula is C26H34N4O7S. The number of benzene rings is 2. The third-order valence-electron chi connectivity index (χ3n) is 6.23. The topological polar surface area (TPSA) is 143 Å². The van der Waals surface area contributed by atoms with E-state index in [-0.39, 0.29) is 48.2 Å². The van der Waals surface area contributed by atoms with Crippen LogP contribution in [0, 0.1) is 0 Å². The van der Waals surface area contributed by atoms with Crippen molar-refractivity contribution in [3.05, 3.63) is 48.0 Å². The number of amides is 3. The maximum absolute atomic E-state index is 13.1. The summed E-state index contributed by atoms with van der Waals surface area (Å²) in [5, 5.41) is 8.27. The number of anilines is 1. The second-order valence-electron chi connectivity index (χ2n) is 9.03. The normalized spacial score (nSPS) is 15.3. The van der Waals surface area contributed by atoms with Crippen molar-refractivity contribution in [1.29, 1.82) is 0 Å². The Morgan fingerprint density at radius 2 is 1.63 bits per heavy atom. The summed E-state index contributed by atoms with van der Waals surface area (Å²) in [5.41, 5.74) is 1.24. The predicted octanol–water partition coefficient (Wildman–Crippen LogP) is 1.68. The molecule has 1 aliphatic rings. The molecule has 1 aliphatic heterocycles. The SMILES string of the molecule is COc1ccc(C[C@@H](NC(C)=O)C(=O)NC2CCN(S(=O)(=O)c3ccc(NC(C)=O)cc3)CC2)c(OC)c1. The number of rotatable bonds is 10. The van der Waals surface area contributed by atoms with Gasteiger partial charge < -0.3 is 25.4 Å². The van der Waals surface area contributed by atoms with Crippen molar-refractivity contribution in [2.45, 2.75) is 50.1 Å². The number of hydrogen-bond donors (Lipinski definition) is 3. The summed E-state index contributed by atoms with van der Waals surface area (Å²) < 4.78 is 38.2. The second-order valence-corrected chi connectivity index (χ2v) is 11.0. The molecule has 38 heavy (non-hydrogen) atoms. The zero-order chi connectivity index (χ0) is 27.9. The molecule has 1 atom stereocenters. The van der Waals surface area contributed by atoms with Gasteiger partial charge in [-0.3, -0.25) is 14.4 Å². The zero-order valence-electron chi connectivity index (χ0n) is 21.9. The van der Waals surface area contributed by atoms with Crippen molar-refractivity contribution >= 4 is 33.4 Å². The molecular weight excluding hydrogens is 512 g/mol. The Kier molecular flexibility index (Phi) is 9.70. The molecule has 206 valence electrons. The Bertz CT molecular complexity index is 1260. The fourth-order valence-electron chi connectivity index (χ4n) is 4.30. The molecule has 3 amide bonds. The van der Waals surface area contributed by atoms with Crippen molar-refractivity contribution in [2.75, 3.05) is 32.6 Å². The van der Waals surface area contributed by atoms with Gasteiger partial charge in [0.15, 0.2) is 0 Å². The van der Waals surface area contributed by atoms with Crippen LogP contribution in [-0.2, 0) is 30.8 Å². The van der Waals surface area contributed by atoms with Gasteiger partial charge in [-0.2, -0.15) is 4.31 Å². The minimum atomic E-state index is -3.72. The van der Waals surface area contributed by atoms with E-state index in [2.05, 4.69) is 16.0 Å². The fourth-order valence-corrected chi connectivity index (χ4v) is 5.77. The van der Waals surface area contributed by atoms with E-state index < -0.39 is 16.1 Å². The monoisotopic (exact) mass is 546 g/mol. The van der Waals surface area contributed by atoms with Crippen LogP contribution in [0.4, 0.5) is 5.69 Å². The van der Waals surface area contributed by atoms with Crippen LogP contribution in [-0.4, -0.2) is 69.8 Å². The number of hydrogen-bond acceptors (Lipinski definition) is 7. The van der Waals surface area contributed by atoms with Gasteiger partial charge >= 0.3 is 0 Å². The van der Waals surface area contributed by atoms with Gasteiger partial charge in [-0.05, 0) is 48.7 Å². The highest BCUT2D eigenvalue weighted by atomic mass is 32.2. The summed E-state index contributed by atoms with van der Waals surface area (Å²) in [7, 11) is -0.656. The van der Waals surface area contributed by atoms with Gasteiger partial charge in [-0.1, -0.05) is 6.07 Å². The highest BCUT2D eigenvalue weighted by molar-refractivity contribution is 7.89. The summed E-state index contributed by atoms with van der Waals surface area (Å²) in [6.07, 6.45) is 1.06. The van der Waals surface area contributed by atoms with Gasteiger partial charge in [-0.25, -0.2) is 8.42 Å². The Labute approximate surface area is 222 Å². The largest absolute Gasteiger partial charge is 0.497 e. The van der Waals surface area contributed by atoms with Gasteiger partial charge in [0.2, 0.25) is 27.7 Å². The molecule has 0 unspecified atom stereocenters. The number of ether oxygens (including phenoxy) is 2. The van der Waals surface area contributed by atoms with Crippen LogP contribution in [0.25, 0.3) is 0 Å². The molecule has 3 rings (SSSR count). The summed E-state index contributed by atoms with van der Waals surface area (Å²) in [6.45, 7) is 3.19. The minimum Gasteiger partial charge on any atom is -0.497 e. The average Bonchev–Trinajstić information content (AvgIpc) is 2.88. The van der Waals surface area contributed by atoms with E-state index in [1.807, 2.05) is 0 Å². The third kappa shape index (κ3) is 7.45. The number of carbonyl (C=O) groups is 3. The standard InChI is InChI=1S/C26H34N4O7S/c1-17(31)27-20-6-9-23(10-7-20)38(34,35)30-13-11-21(12-14-30)29-26(33)24(28-18(2)32)15-19-5-8-22(36-3)16-25(19)37-4/h5-10,16,21,24H,11-15H2,1-4H3,(H,27,31)(H,28,32)(H,29,33)/t24-/m1/s1. The molecule has 1 saturated heterocycles. The van der Waals surface area contributed by atoms with Crippen LogP contribution >= 0.6 is 0 Å². The van der Waals surface area contributed by atoms with Crippen LogP contribution in [0.2, 0.25) is 0 Å². The smallest absolute Gasteiger partial charge is 0.243 e. The molecule has 2 aromatic rings. The Morgan fingerprint density at radius 1 is 0.974 bits per heavy atom. The molecule has 1 fully saturated rings. The average molecular weight is 547 g/mol. The molecule has 2 aromatic carbocycles. The Balaban J connectivity index is 1.62. The van der Waals surface area contributed by atoms with Crippen LogP contribution in [0.5, 0.6) is 11.5 Å². The first-order valence-electron chi connectivity index (χ1n) is 12.2. The number of sulfonamides is 1. The van der Waals surface area contributed by atoms with Crippen molar-refractivity contribution in [3.8, 4) is 11.5 Å². The molecule has 0 spiro atoms. The Morgan fingerprint density at radius 3 is 2.18 bits per heavy atom. The minimum absolute atomic E-state index is 0.133. The second kappa shape index (κ2) is 12.7. The molecule has 0 radical (unpaired) electrons. The van der Waals surface area contributed by atoms with Gasteiger partial charge in [0.05, 0.1) is 19.1 Å². The number of nitrogens with zero attached hydrogens (tertiary/aromatic N) is 1. The highest BCUT2D eigenvalue weighted by Gasteiger charge is 2.31. The van der Waals surface area contributed by atoms with Crippen molar-refractivity contribution in [1.82, 2.24) is 14.9 Å². The molecule has 0 aliphatic carbocycles. The number of carbonyl (C=O) groups excluding carboxylic acids is 3. The molecule has 0 saturated carbocycles. The van der Waals surface area contributed by atoms with Crippen molar-refractivity contribution in [2.24, 2.45) is 0 Å². The highest BCUT2D eigenvalue weighted by Crippen LogP contribution is 2.26. The van der Waals surface area contributed by atoms with E-state index in [0.717, 1.165) is 5.56 Å². The van der Waals surface area contributed by atoms with E-state index >= 15 is 0 Å². The van der Waals surface area contributed by atoms with Crippen LogP contribution in [0.1, 0.15) is 32.3 Å². The van der Waals surface area contributed by atoms with E-state index in [1.165, 1.54) is 37.4 Å². The predicted molar refractivity (Wildman–Crippen MR) is 142 cm³/mol. The maximum Gasteiger partial charge on any atom is 0.243 e. The zero-order valence-corrected chi connectivity index (χ0v) is 22.8. The molecule has 0 aromatic heterocycles. The van der Waals surface area contributed by atoms with E-state index in [0.29, 0.717) is 30.0 Å². The quantitative estimate of drug-likeness (QED) is 0.411. The summed E-state index contributed by atoms with van der Waals surface area (Å²) in [4.78, 5) is 36.3. The van der Waals surface area contributed by atoms with E-state index in [9.17, 15) is 22.8 Å². The molecule has 0 bridgehead atoms. The van der Waals surface area contributed by atoms with Gasteiger partial charge in [0.25, 0.3) is 0 Å². The lowest BCUT2D eigenvalue weighted by atomic mass is 10.0. The maximum atomic E-state index is 13.1. The molecule has 1 heterocycles. The third-order valence-corrected chi connectivity index (χ3v) is 8.14. The lowest BCUT2D eigenvalue weighted by Gasteiger charge is -2.32. The summed E-state index contributed by atoms with van der Waals surface area (Å²) >= 11 is 0. The first-order chi connectivity index (χ1) is 18.0. The summed E-state index contributed by atoms with van der Waals surface area (Å²) in [6, 6.07) is 10.2. The van der Waals surface area contributed by atoms with Crippen LogP contribution in [0.15, 0.2) is 47.4 Å².